The Hall–Kier alpha value is -1.70. The molecule has 1 aliphatic heterocycles. The van der Waals surface area contributed by atoms with Crippen LogP contribution in [0.2, 0.25) is 0 Å². The van der Waals surface area contributed by atoms with E-state index in [2.05, 4.69) is 24.1 Å². The van der Waals surface area contributed by atoms with Crippen LogP contribution in [-0.4, -0.2) is 50.5 Å². The predicted molar refractivity (Wildman–Crippen MR) is 112 cm³/mol. The van der Waals surface area contributed by atoms with Gasteiger partial charge in [-0.3, -0.25) is 0 Å². The van der Waals surface area contributed by atoms with Crippen LogP contribution in [0.25, 0.3) is 10.8 Å². The molecule has 154 valence electrons. The number of aromatic nitrogens is 1. The van der Waals surface area contributed by atoms with Gasteiger partial charge in [-0.2, -0.15) is 4.31 Å². The molecule has 28 heavy (non-hydrogen) atoms. The number of benzene rings is 1. The van der Waals surface area contributed by atoms with Crippen molar-refractivity contribution in [3.05, 3.63) is 30.0 Å². The fraction of sp³-hybridized carbons (Fsp3) is 0.571. The number of sulfonamides is 1. The van der Waals surface area contributed by atoms with Crippen molar-refractivity contribution >= 4 is 20.8 Å². The van der Waals surface area contributed by atoms with Gasteiger partial charge in [0, 0.05) is 36.6 Å². The zero-order valence-corrected chi connectivity index (χ0v) is 17.9. The number of aryl methyl sites for hydroxylation is 1. The topological polar surface area (TPSA) is 71.5 Å². The Morgan fingerprint density at radius 3 is 2.86 bits per heavy atom. The second kappa shape index (κ2) is 9.20. The van der Waals surface area contributed by atoms with Gasteiger partial charge in [0.2, 0.25) is 15.9 Å². The molecule has 1 saturated heterocycles. The fourth-order valence-electron chi connectivity index (χ4n) is 3.60. The summed E-state index contributed by atoms with van der Waals surface area (Å²) in [5, 5.41) is 4.74. The summed E-state index contributed by atoms with van der Waals surface area (Å²) >= 11 is 0. The lowest BCUT2D eigenvalue weighted by Gasteiger charge is -2.21. The van der Waals surface area contributed by atoms with Gasteiger partial charge in [-0.15, -0.1) is 0 Å². The van der Waals surface area contributed by atoms with Crippen molar-refractivity contribution in [2.45, 2.75) is 44.9 Å². The molecule has 1 aromatic heterocycles. The molecule has 0 unspecified atom stereocenters. The quantitative estimate of drug-likeness (QED) is 0.716. The molecular formula is C21H31N3O3S. The fourth-order valence-corrected chi connectivity index (χ4v) is 5.36. The number of nitrogens with zero attached hydrogens (tertiary/aromatic N) is 2. The summed E-state index contributed by atoms with van der Waals surface area (Å²) in [5.41, 5.74) is 0.844. The Labute approximate surface area is 168 Å². The third kappa shape index (κ3) is 4.64. The van der Waals surface area contributed by atoms with Crippen molar-refractivity contribution in [3.63, 3.8) is 0 Å². The van der Waals surface area contributed by atoms with Crippen LogP contribution in [0.4, 0.5) is 0 Å². The Kier molecular flexibility index (Phi) is 6.91. The van der Waals surface area contributed by atoms with E-state index in [1.54, 1.807) is 22.6 Å². The van der Waals surface area contributed by atoms with E-state index in [-0.39, 0.29) is 0 Å². The SMILES string of the molecule is Cc1cnc(OCCCC(C)C)c2cccc(S(=O)(=O)N3CCCNCC3)c12. The zero-order chi connectivity index (χ0) is 20.1. The molecule has 3 rings (SSSR count). The third-order valence-electron chi connectivity index (χ3n) is 5.11. The molecule has 0 atom stereocenters. The van der Waals surface area contributed by atoms with Crippen molar-refractivity contribution in [3.8, 4) is 5.88 Å². The third-order valence-corrected chi connectivity index (χ3v) is 7.05. The Morgan fingerprint density at radius 2 is 2.07 bits per heavy atom. The van der Waals surface area contributed by atoms with Gasteiger partial charge >= 0.3 is 0 Å². The van der Waals surface area contributed by atoms with Gasteiger partial charge in [-0.1, -0.05) is 19.9 Å². The van der Waals surface area contributed by atoms with Crippen LogP contribution in [0, 0.1) is 12.8 Å². The van der Waals surface area contributed by atoms with E-state index in [9.17, 15) is 8.42 Å². The van der Waals surface area contributed by atoms with E-state index in [1.807, 2.05) is 13.0 Å². The molecule has 0 bridgehead atoms. The standard InChI is InChI=1S/C21H31N3O3S/c1-16(2)7-5-14-27-21-18-8-4-9-19(20(18)17(3)15-23-21)28(25,26)24-12-6-10-22-11-13-24/h4,8-9,15-16,22H,5-7,10-14H2,1-3H3. The maximum absolute atomic E-state index is 13.4. The molecule has 6 nitrogen and oxygen atoms in total. The van der Waals surface area contributed by atoms with Crippen molar-refractivity contribution < 1.29 is 13.2 Å². The lowest BCUT2D eigenvalue weighted by molar-refractivity contribution is 0.290. The summed E-state index contributed by atoms with van der Waals surface area (Å²) in [4.78, 5) is 4.78. The van der Waals surface area contributed by atoms with Crippen LogP contribution < -0.4 is 10.1 Å². The van der Waals surface area contributed by atoms with Gasteiger partial charge in [0.1, 0.15) is 0 Å². The highest BCUT2D eigenvalue weighted by atomic mass is 32.2. The molecule has 0 radical (unpaired) electrons. The van der Waals surface area contributed by atoms with E-state index >= 15 is 0 Å². The minimum atomic E-state index is -3.58. The smallest absolute Gasteiger partial charge is 0.243 e. The van der Waals surface area contributed by atoms with Crippen molar-refractivity contribution in [1.82, 2.24) is 14.6 Å². The Morgan fingerprint density at radius 1 is 1.25 bits per heavy atom. The van der Waals surface area contributed by atoms with Gasteiger partial charge in [0.05, 0.1) is 11.5 Å². The van der Waals surface area contributed by atoms with Crippen LogP contribution in [0.3, 0.4) is 0 Å². The maximum Gasteiger partial charge on any atom is 0.243 e. The molecule has 2 heterocycles. The lowest BCUT2D eigenvalue weighted by Crippen LogP contribution is -2.34. The first-order valence-electron chi connectivity index (χ1n) is 10.1. The van der Waals surface area contributed by atoms with Crippen LogP contribution >= 0.6 is 0 Å². The highest BCUT2D eigenvalue weighted by Gasteiger charge is 2.28. The van der Waals surface area contributed by atoms with Gasteiger partial charge in [0.15, 0.2) is 0 Å². The molecule has 1 N–H and O–H groups in total. The lowest BCUT2D eigenvalue weighted by atomic mass is 10.1. The largest absolute Gasteiger partial charge is 0.477 e. The highest BCUT2D eigenvalue weighted by Crippen LogP contribution is 2.33. The summed E-state index contributed by atoms with van der Waals surface area (Å²) in [5.74, 6) is 1.14. The van der Waals surface area contributed by atoms with Crippen molar-refractivity contribution in [2.75, 3.05) is 32.8 Å². The molecule has 0 aliphatic carbocycles. The minimum Gasteiger partial charge on any atom is -0.477 e. The van der Waals surface area contributed by atoms with Crippen LogP contribution in [0.5, 0.6) is 5.88 Å². The van der Waals surface area contributed by atoms with Crippen molar-refractivity contribution in [1.29, 1.82) is 0 Å². The average Bonchev–Trinajstić information content (AvgIpc) is 2.96. The molecule has 1 aliphatic rings. The number of hydrogen-bond donors (Lipinski definition) is 1. The van der Waals surface area contributed by atoms with Crippen LogP contribution in [0.15, 0.2) is 29.3 Å². The van der Waals surface area contributed by atoms with Crippen LogP contribution in [-0.2, 0) is 10.0 Å². The van der Waals surface area contributed by atoms with Gasteiger partial charge in [0.25, 0.3) is 0 Å². The molecular weight excluding hydrogens is 374 g/mol. The number of rotatable bonds is 7. The summed E-state index contributed by atoms with van der Waals surface area (Å²) < 4.78 is 34.3. The number of pyridine rings is 1. The number of hydrogen-bond acceptors (Lipinski definition) is 5. The predicted octanol–water partition coefficient (Wildman–Crippen LogP) is 3.34. The normalized spacial score (nSPS) is 16.4. The molecule has 7 heteroatoms. The molecule has 1 fully saturated rings. The first kappa shape index (κ1) is 21.0. The number of ether oxygens (including phenoxy) is 1. The Balaban J connectivity index is 1.96. The van der Waals surface area contributed by atoms with E-state index in [4.69, 9.17) is 4.74 Å². The summed E-state index contributed by atoms with van der Waals surface area (Å²) in [6.45, 7) is 9.41. The highest BCUT2D eigenvalue weighted by molar-refractivity contribution is 7.89. The first-order valence-corrected chi connectivity index (χ1v) is 11.6. The summed E-state index contributed by atoms with van der Waals surface area (Å²) in [6.07, 6.45) is 4.57. The molecule has 0 amide bonds. The van der Waals surface area contributed by atoms with Gasteiger partial charge in [-0.25, -0.2) is 13.4 Å². The summed E-state index contributed by atoms with van der Waals surface area (Å²) in [6, 6.07) is 5.38. The number of nitrogens with one attached hydrogen (secondary N) is 1. The molecule has 0 spiro atoms. The van der Waals surface area contributed by atoms with Crippen molar-refractivity contribution in [2.24, 2.45) is 5.92 Å². The van der Waals surface area contributed by atoms with E-state index in [0.29, 0.717) is 48.3 Å². The number of fused-ring (bicyclic) bond motifs is 1. The minimum absolute atomic E-state index is 0.346. The first-order chi connectivity index (χ1) is 13.4. The van der Waals surface area contributed by atoms with Gasteiger partial charge < -0.3 is 10.1 Å². The molecule has 2 aromatic rings. The van der Waals surface area contributed by atoms with E-state index in [0.717, 1.165) is 36.8 Å². The molecule has 1 aromatic carbocycles. The second-order valence-electron chi connectivity index (χ2n) is 7.82. The maximum atomic E-state index is 13.4. The Bertz CT molecular complexity index is 904. The summed E-state index contributed by atoms with van der Waals surface area (Å²) in [7, 11) is -3.58. The molecule has 0 saturated carbocycles. The van der Waals surface area contributed by atoms with E-state index < -0.39 is 10.0 Å². The average molecular weight is 406 g/mol. The van der Waals surface area contributed by atoms with Gasteiger partial charge in [-0.05, 0) is 56.3 Å². The van der Waals surface area contributed by atoms with Crippen LogP contribution in [0.1, 0.15) is 38.7 Å². The zero-order valence-electron chi connectivity index (χ0n) is 17.1. The monoisotopic (exact) mass is 405 g/mol. The second-order valence-corrected chi connectivity index (χ2v) is 9.72. The van der Waals surface area contributed by atoms with E-state index in [1.165, 1.54) is 0 Å².